The lowest BCUT2D eigenvalue weighted by molar-refractivity contribution is 0.335. The highest BCUT2D eigenvalue weighted by molar-refractivity contribution is 5.85. The molecule has 0 bridgehead atoms. The van der Waals surface area contributed by atoms with Crippen molar-refractivity contribution in [2.45, 2.75) is 33.6 Å². The molecule has 4 aromatic rings. The van der Waals surface area contributed by atoms with Crippen LogP contribution in [0.1, 0.15) is 43.4 Å². The molecule has 0 atom stereocenters. The first-order valence-corrected chi connectivity index (χ1v) is 13.1. The number of fused-ring (bicyclic) bond motifs is 1. The third kappa shape index (κ3) is 5.87. The number of hydrogen-bond acceptors (Lipinski definition) is 6. The molecule has 0 aliphatic rings. The van der Waals surface area contributed by atoms with Crippen LogP contribution in [0.15, 0.2) is 77.1 Å². The summed E-state index contributed by atoms with van der Waals surface area (Å²) in [5.74, 6) is 2.18. The molecule has 202 valence electrons. The van der Waals surface area contributed by atoms with E-state index in [1.165, 1.54) is 4.68 Å². The zero-order chi connectivity index (χ0) is 28.1. The minimum Gasteiger partial charge on any atom is -0.494 e. The first-order valence-electron chi connectivity index (χ1n) is 13.1. The molecule has 7 heteroatoms. The number of hydrogen-bond donors (Lipinski definition) is 0. The zero-order valence-electron chi connectivity index (χ0n) is 23.6. The molecule has 7 nitrogen and oxygen atoms in total. The molecule has 0 amide bonds. The van der Waals surface area contributed by atoms with Crippen molar-refractivity contribution in [1.82, 2.24) is 9.66 Å². The van der Waals surface area contributed by atoms with Crippen LogP contribution in [0.2, 0.25) is 0 Å². The Morgan fingerprint density at radius 3 is 2.54 bits per heavy atom. The van der Waals surface area contributed by atoms with Gasteiger partial charge < -0.3 is 14.4 Å². The summed E-state index contributed by atoms with van der Waals surface area (Å²) in [5.41, 5.74) is 4.92. The van der Waals surface area contributed by atoms with E-state index >= 15 is 0 Å². The van der Waals surface area contributed by atoms with Gasteiger partial charge in [-0.3, -0.25) is 4.79 Å². The SMILES string of the molecule is C=CCOc1cc(N(C)C)ccc1C=Nn1c(-c2cc(C(C)C)c(OCC)cc2C)nc2ccccc2c1=O. The van der Waals surface area contributed by atoms with Gasteiger partial charge in [-0.15, -0.1) is 0 Å². The van der Waals surface area contributed by atoms with E-state index < -0.39 is 0 Å². The molecular weight excluding hydrogens is 488 g/mol. The predicted octanol–water partition coefficient (Wildman–Crippen LogP) is 6.41. The third-order valence-corrected chi connectivity index (χ3v) is 6.46. The molecule has 0 saturated carbocycles. The third-order valence-electron chi connectivity index (χ3n) is 6.46. The monoisotopic (exact) mass is 524 g/mol. The van der Waals surface area contributed by atoms with E-state index in [9.17, 15) is 4.79 Å². The fourth-order valence-corrected chi connectivity index (χ4v) is 4.38. The predicted molar refractivity (Wildman–Crippen MR) is 161 cm³/mol. The Kier molecular flexibility index (Phi) is 8.49. The van der Waals surface area contributed by atoms with Gasteiger partial charge in [-0.25, -0.2) is 4.98 Å². The van der Waals surface area contributed by atoms with Crippen LogP contribution in [0.4, 0.5) is 5.69 Å². The highest BCUT2D eigenvalue weighted by atomic mass is 16.5. The van der Waals surface area contributed by atoms with Gasteiger partial charge in [0.2, 0.25) is 0 Å². The van der Waals surface area contributed by atoms with E-state index in [0.717, 1.165) is 33.7 Å². The number of aryl methyl sites for hydroxylation is 1. The first-order chi connectivity index (χ1) is 18.7. The quantitative estimate of drug-likeness (QED) is 0.177. The van der Waals surface area contributed by atoms with Gasteiger partial charge >= 0.3 is 0 Å². The van der Waals surface area contributed by atoms with Crippen LogP contribution in [0, 0.1) is 6.92 Å². The molecule has 0 spiro atoms. The summed E-state index contributed by atoms with van der Waals surface area (Å²) in [4.78, 5) is 20.7. The van der Waals surface area contributed by atoms with E-state index in [1.54, 1.807) is 18.4 Å². The molecule has 1 aromatic heterocycles. The van der Waals surface area contributed by atoms with E-state index in [2.05, 4.69) is 31.6 Å². The van der Waals surface area contributed by atoms with Crippen LogP contribution < -0.4 is 19.9 Å². The molecular formula is C32H36N4O3. The zero-order valence-corrected chi connectivity index (χ0v) is 23.6. The molecule has 39 heavy (non-hydrogen) atoms. The molecule has 0 aliphatic heterocycles. The lowest BCUT2D eigenvalue weighted by Crippen LogP contribution is -2.21. The molecule has 1 heterocycles. The summed E-state index contributed by atoms with van der Waals surface area (Å²) in [5, 5.41) is 5.18. The van der Waals surface area contributed by atoms with Crippen molar-refractivity contribution in [1.29, 1.82) is 0 Å². The van der Waals surface area contributed by atoms with Gasteiger partial charge in [0, 0.05) is 37.0 Å². The highest BCUT2D eigenvalue weighted by Crippen LogP contribution is 2.34. The average molecular weight is 525 g/mol. The van der Waals surface area contributed by atoms with Crippen molar-refractivity contribution >= 4 is 22.8 Å². The highest BCUT2D eigenvalue weighted by Gasteiger charge is 2.18. The van der Waals surface area contributed by atoms with E-state index in [-0.39, 0.29) is 11.5 Å². The standard InChI is InChI=1S/C32H36N4O3/c1-8-16-39-29-18-24(35(6)7)15-14-23(29)20-33-36-31(34-28-13-11-10-12-25(28)32(36)37)27-19-26(21(3)4)30(38-9-2)17-22(27)5/h8,10-15,17-21H,1,9,16H2,2-7H3. The Balaban J connectivity index is 1.94. The van der Waals surface area contributed by atoms with E-state index in [0.29, 0.717) is 35.7 Å². The van der Waals surface area contributed by atoms with Gasteiger partial charge in [0.05, 0.1) is 23.7 Å². The Bertz CT molecular complexity index is 1580. The lowest BCUT2D eigenvalue weighted by Gasteiger charge is -2.18. The summed E-state index contributed by atoms with van der Waals surface area (Å²) < 4.78 is 13.2. The second-order valence-electron chi connectivity index (χ2n) is 9.82. The summed E-state index contributed by atoms with van der Waals surface area (Å²) >= 11 is 0. The number of ether oxygens (including phenoxy) is 2. The van der Waals surface area contributed by atoms with Crippen LogP contribution in [0.25, 0.3) is 22.3 Å². The maximum absolute atomic E-state index is 13.8. The minimum absolute atomic E-state index is 0.217. The molecule has 0 aliphatic carbocycles. The maximum Gasteiger partial charge on any atom is 0.282 e. The Morgan fingerprint density at radius 2 is 1.85 bits per heavy atom. The number of nitrogens with zero attached hydrogens (tertiary/aromatic N) is 4. The number of para-hydroxylation sites is 1. The largest absolute Gasteiger partial charge is 0.494 e. The van der Waals surface area contributed by atoms with Crippen LogP contribution in [0.3, 0.4) is 0 Å². The van der Waals surface area contributed by atoms with Crippen LogP contribution in [-0.4, -0.2) is 43.2 Å². The van der Waals surface area contributed by atoms with Crippen molar-refractivity contribution in [3.8, 4) is 22.9 Å². The van der Waals surface area contributed by atoms with Gasteiger partial charge in [-0.1, -0.05) is 38.6 Å². The van der Waals surface area contributed by atoms with Gasteiger partial charge in [0.1, 0.15) is 18.1 Å². The number of benzene rings is 3. The van der Waals surface area contributed by atoms with Gasteiger partial charge in [0.15, 0.2) is 5.82 Å². The summed E-state index contributed by atoms with van der Waals surface area (Å²) in [6, 6.07) is 17.3. The van der Waals surface area contributed by atoms with E-state index in [1.807, 2.05) is 75.3 Å². The fourth-order valence-electron chi connectivity index (χ4n) is 4.38. The van der Waals surface area contributed by atoms with Crippen molar-refractivity contribution in [2.75, 3.05) is 32.2 Å². The van der Waals surface area contributed by atoms with Crippen molar-refractivity contribution in [3.05, 3.63) is 94.3 Å². The van der Waals surface area contributed by atoms with E-state index in [4.69, 9.17) is 14.5 Å². The van der Waals surface area contributed by atoms with Crippen molar-refractivity contribution < 1.29 is 9.47 Å². The van der Waals surface area contributed by atoms with Crippen LogP contribution >= 0.6 is 0 Å². The Labute approximate surface area is 230 Å². The van der Waals surface area contributed by atoms with Crippen molar-refractivity contribution in [3.63, 3.8) is 0 Å². The van der Waals surface area contributed by atoms with Gasteiger partial charge in [-0.05, 0) is 67.3 Å². The fraction of sp³-hybridized carbons (Fsp3) is 0.281. The summed E-state index contributed by atoms with van der Waals surface area (Å²) in [6.45, 7) is 12.9. The smallest absolute Gasteiger partial charge is 0.282 e. The van der Waals surface area contributed by atoms with Gasteiger partial charge in [-0.2, -0.15) is 9.78 Å². The number of aromatic nitrogens is 2. The Hall–Kier alpha value is -4.39. The second kappa shape index (κ2) is 12.0. The normalized spacial score (nSPS) is 11.4. The molecule has 0 unspecified atom stereocenters. The molecule has 0 fully saturated rings. The summed E-state index contributed by atoms with van der Waals surface area (Å²) in [7, 11) is 3.94. The maximum atomic E-state index is 13.8. The molecule has 4 rings (SSSR count). The lowest BCUT2D eigenvalue weighted by atomic mass is 9.96. The molecule has 0 N–H and O–H groups in total. The first kappa shape index (κ1) is 27.6. The second-order valence-corrected chi connectivity index (χ2v) is 9.82. The molecule has 0 radical (unpaired) electrons. The van der Waals surface area contributed by atoms with Gasteiger partial charge in [0.25, 0.3) is 5.56 Å². The molecule has 0 saturated heterocycles. The molecule has 3 aromatic carbocycles. The topological polar surface area (TPSA) is 68.9 Å². The average Bonchev–Trinajstić information content (AvgIpc) is 2.91. The summed E-state index contributed by atoms with van der Waals surface area (Å²) in [6.07, 6.45) is 3.34. The van der Waals surface area contributed by atoms with Crippen molar-refractivity contribution in [2.24, 2.45) is 5.10 Å². The number of anilines is 1. The van der Waals surface area contributed by atoms with Crippen LogP contribution in [-0.2, 0) is 0 Å². The van der Waals surface area contributed by atoms with Crippen LogP contribution in [0.5, 0.6) is 11.5 Å². The minimum atomic E-state index is -0.246. The Morgan fingerprint density at radius 1 is 1.08 bits per heavy atom. The number of rotatable bonds is 10.